The Bertz CT molecular complexity index is 421. The van der Waals surface area contributed by atoms with Gasteiger partial charge in [0.25, 0.3) is 5.91 Å². The van der Waals surface area contributed by atoms with Crippen LogP contribution in [0.3, 0.4) is 0 Å². The second kappa shape index (κ2) is 7.04. The number of amides is 1. The molecule has 0 saturated heterocycles. The predicted octanol–water partition coefficient (Wildman–Crippen LogP) is -0.179. The lowest BCUT2D eigenvalue weighted by atomic mass is 10.2. The maximum atomic E-state index is 11.7. The van der Waals surface area contributed by atoms with Crippen LogP contribution < -0.4 is 11.1 Å². The van der Waals surface area contributed by atoms with E-state index in [-0.39, 0.29) is 31.1 Å². The van der Waals surface area contributed by atoms with E-state index in [2.05, 4.69) is 10.3 Å². The first-order valence-corrected chi connectivity index (χ1v) is 6.12. The number of carbonyl (C=O) groups excluding carboxylic acids is 1. The Hall–Kier alpha value is -1.51. The summed E-state index contributed by atoms with van der Waals surface area (Å²) in [6.45, 7) is 0.411. The summed E-state index contributed by atoms with van der Waals surface area (Å²) < 4.78 is 4.94. The van der Waals surface area contributed by atoms with Crippen LogP contribution in [0, 0.1) is 0 Å². The molecule has 0 aliphatic carbocycles. The first kappa shape index (κ1) is 14.6. The number of rotatable bonds is 7. The molecule has 0 fully saturated rings. The number of thiazole rings is 1. The van der Waals surface area contributed by atoms with Crippen LogP contribution in [0.4, 0.5) is 0 Å². The van der Waals surface area contributed by atoms with Gasteiger partial charge in [0, 0.05) is 25.6 Å². The average molecular weight is 273 g/mol. The number of nitrogens with zero attached hydrogens (tertiary/aromatic N) is 1. The topological polar surface area (TPSA) is 115 Å². The second-order valence-corrected chi connectivity index (χ2v) is 4.44. The molecule has 100 valence electrons. The van der Waals surface area contributed by atoms with Crippen molar-refractivity contribution in [2.24, 2.45) is 5.73 Å². The number of carboxylic acids is 1. The van der Waals surface area contributed by atoms with Crippen LogP contribution in [0.1, 0.15) is 21.9 Å². The minimum Gasteiger partial charge on any atom is -0.481 e. The van der Waals surface area contributed by atoms with E-state index in [1.54, 1.807) is 5.38 Å². The van der Waals surface area contributed by atoms with Gasteiger partial charge in [0.2, 0.25) is 0 Å². The summed E-state index contributed by atoms with van der Waals surface area (Å²) in [5.74, 6) is -1.34. The minimum absolute atomic E-state index is 0.122. The van der Waals surface area contributed by atoms with Crippen molar-refractivity contribution < 1.29 is 19.4 Å². The zero-order valence-corrected chi connectivity index (χ0v) is 10.7. The number of ether oxygens (including phenoxy) is 1. The standard InChI is InChI=1S/C10H15N3O4S/c1-17-6(2-9(14)15)4-12-10(16)7-5-18-8(3-11)13-7/h5-6H,2-4,11H2,1H3,(H,12,16)(H,14,15). The molecule has 1 rings (SSSR count). The number of aromatic nitrogens is 1. The molecule has 0 aliphatic heterocycles. The van der Waals surface area contributed by atoms with E-state index in [1.807, 2.05) is 0 Å². The fourth-order valence-electron chi connectivity index (χ4n) is 1.24. The van der Waals surface area contributed by atoms with Crippen molar-refractivity contribution in [3.05, 3.63) is 16.1 Å². The Labute approximate surface area is 108 Å². The molecule has 0 aliphatic rings. The maximum Gasteiger partial charge on any atom is 0.306 e. The summed E-state index contributed by atoms with van der Waals surface area (Å²) in [5.41, 5.74) is 5.68. The summed E-state index contributed by atoms with van der Waals surface area (Å²) in [6, 6.07) is 0. The van der Waals surface area contributed by atoms with Gasteiger partial charge in [-0.2, -0.15) is 0 Å². The number of methoxy groups -OCH3 is 1. The van der Waals surface area contributed by atoms with Crippen LogP contribution in [0.5, 0.6) is 0 Å². The van der Waals surface area contributed by atoms with Crippen molar-refractivity contribution in [1.82, 2.24) is 10.3 Å². The number of nitrogens with two attached hydrogens (primary N) is 1. The molecule has 0 spiro atoms. The lowest BCUT2D eigenvalue weighted by Crippen LogP contribution is -2.34. The third-order valence-electron chi connectivity index (χ3n) is 2.18. The smallest absolute Gasteiger partial charge is 0.306 e. The highest BCUT2D eigenvalue weighted by Crippen LogP contribution is 2.08. The SMILES string of the molecule is COC(CNC(=O)c1csc(CN)n1)CC(=O)O. The van der Waals surface area contributed by atoms with Crippen molar-refractivity contribution in [1.29, 1.82) is 0 Å². The molecule has 1 unspecified atom stereocenters. The van der Waals surface area contributed by atoms with Crippen LogP contribution >= 0.6 is 11.3 Å². The van der Waals surface area contributed by atoms with Crippen molar-refractivity contribution in [2.45, 2.75) is 19.1 Å². The van der Waals surface area contributed by atoms with Crippen LogP contribution in [0.25, 0.3) is 0 Å². The molecule has 1 amide bonds. The lowest BCUT2D eigenvalue weighted by Gasteiger charge is -2.13. The molecular weight excluding hydrogens is 258 g/mol. The quantitative estimate of drug-likeness (QED) is 0.635. The van der Waals surface area contributed by atoms with Crippen LogP contribution in [-0.4, -0.2) is 41.7 Å². The van der Waals surface area contributed by atoms with Crippen LogP contribution in [0.2, 0.25) is 0 Å². The van der Waals surface area contributed by atoms with Crippen molar-refractivity contribution >= 4 is 23.2 Å². The predicted molar refractivity (Wildman–Crippen MR) is 65.4 cm³/mol. The molecule has 0 radical (unpaired) electrons. The second-order valence-electron chi connectivity index (χ2n) is 3.50. The first-order chi connectivity index (χ1) is 8.56. The molecule has 1 heterocycles. The Morgan fingerprint density at radius 2 is 2.39 bits per heavy atom. The number of carboxylic acid groups (broad SMARTS) is 1. The van der Waals surface area contributed by atoms with Crippen molar-refractivity contribution in [3.63, 3.8) is 0 Å². The Morgan fingerprint density at radius 1 is 1.67 bits per heavy atom. The van der Waals surface area contributed by atoms with Gasteiger partial charge >= 0.3 is 5.97 Å². The fourth-order valence-corrected chi connectivity index (χ4v) is 1.89. The molecule has 1 aromatic heterocycles. The monoisotopic (exact) mass is 273 g/mol. The molecule has 18 heavy (non-hydrogen) atoms. The highest BCUT2D eigenvalue weighted by atomic mass is 32.1. The first-order valence-electron chi connectivity index (χ1n) is 5.24. The molecule has 0 saturated carbocycles. The summed E-state index contributed by atoms with van der Waals surface area (Å²) in [6.07, 6.45) is -0.721. The van der Waals surface area contributed by atoms with Crippen molar-refractivity contribution in [2.75, 3.05) is 13.7 Å². The number of hydrogen-bond donors (Lipinski definition) is 3. The summed E-state index contributed by atoms with van der Waals surface area (Å²) in [4.78, 5) is 26.2. The third kappa shape index (κ3) is 4.40. The van der Waals surface area contributed by atoms with E-state index >= 15 is 0 Å². The van der Waals surface area contributed by atoms with Crippen LogP contribution in [0.15, 0.2) is 5.38 Å². The van der Waals surface area contributed by atoms with E-state index in [0.29, 0.717) is 5.01 Å². The van der Waals surface area contributed by atoms with E-state index in [9.17, 15) is 9.59 Å². The Balaban J connectivity index is 2.46. The highest BCUT2D eigenvalue weighted by Gasteiger charge is 2.15. The third-order valence-corrected chi connectivity index (χ3v) is 3.06. The summed E-state index contributed by atoms with van der Waals surface area (Å²) in [5, 5.41) is 13.5. The van der Waals surface area contributed by atoms with Gasteiger partial charge in [-0.1, -0.05) is 0 Å². The van der Waals surface area contributed by atoms with E-state index in [1.165, 1.54) is 18.4 Å². The normalized spacial score (nSPS) is 12.1. The largest absolute Gasteiger partial charge is 0.481 e. The van der Waals surface area contributed by atoms with Gasteiger partial charge in [0.1, 0.15) is 10.7 Å². The van der Waals surface area contributed by atoms with Gasteiger partial charge in [-0.25, -0.2) is 4.98 Å². The van der Waals surface area contributed by atoms with Gasteiger partial charge in [-0.05, 0) is 0 Å². The van der Waals surface area contributed by atoms with Gasteiger partial charge in [-0.3, -0.25) is 9.59 Å². The highest BCUT2D eigenvalue weighted by molar-refractivity contribution is 7.09. The number of nitrogens with one attached hydrogen (secondary N) is 1. The molecule has 1 atom stereocenters. The molecule has 4 N–H and O–H groups in total. The molecular formula is C10H15N3O4S. The number of carbonyl (C=O) groups is 2. The zero-order chi connectivity index (χ0) is 13.5. The van der Waals surface area contributed by atoms with E-state index in [0.717, 1.165) is 0 Å². The van der Waals surface area contributed by atoms with Gasteiger partial charge < -0.3 is 20.9 Å². The molecule has 7 nitrogen and oxygen atoms in total. The van der Waals surface area contributed by atoms with Crippen LogP contribution in [-0.2, 0) is 16.1 Å². The summed E-state index contributed by atoms with van der Waals surface area (Å²) >= 11 is 1.31. The lowest BCUT2D eigenvalue weighted by molar-refractivity contribution is -0.139. The van der Waals surface area contributed by atoms with E-state index < -0.39 is 12.1 Å². The maximum absolute atomic E-state index is 11.7. The molecule has 0 aromatic carbocycles. The zero-order valence-electron chi connectivity index (χ0n) is 9.88. The molecule has 0 bridgehead atoms. The van der Waals surface area contributed by atoms with Gasteiger partial charge in [0.15, 0.2) is 0 Å². The number of hydrogen-bond acceptors (Lipinski definition) is 6. The van der Waals surface area contributed by atoms with Crippen molar-refractivity contribution in [3.8, 4) is 0 Å². The molecule has 1 aromatic rings. The van der Waals surface area contributed by atoms with Gasteiger partial charge in [-0.15, -0.1) is 11.3 Å². The fraction of sp³-hybridized carbons (Fsp3) is 0.500. The average Bonchev–Trinajstić information content (AvgIpc) is 2.82. The molecule has 8 heteroatoms. The van der Waals surface area contributed by atoms with E-state index in [4.69, 9.17) is 15.6 Å². The van der Waals surface area contributed by atoms with Gasteiger partial charge in [0.05, 0.1) is 12.5 Å². The summed E-state index contributed by atoms with van der Waals surface area (Å²) in [7, 11) is 1.40. The Morgan fingerprint density at radius 3 is 2.89 bits per heavy atom. The minimum atomic E-state index is -0.977. The Kier molecular flexibility index (Phi) is 5.69. The number of aliphatic carboxylic acids is 1.